The van der Waals surface area contributed by atoms with Crippen molar-refractivity contribution in [2.75, 3.05) is 20.2 Å². The third kappa shape index (κ3) is 9.47. The molecule has 16 nitrogen and oxygen atoms in total. The number of H-pyrrole nitrogens is 2. The Morgan fingerprint density at radius 1 is 0.783 bits per heavy atom. The molecule has 0 spiro atoms. The van der Waals surface area contributed by atoms with Gasteiger partial charge in [-0.05, 0) is 97.5 Å². The number of thiazole rings is 1. The van der Waals surface area contributed by atoms with Crippen LogP contribution in [0.3, 0.4) is 0 Å². The minimum atomic E-state index is -0.958. The fraction of sp³-hybridized carbons (Fsp3) is 0.365. The highest BCUT2D eigenvalue weighted by Crippen LogP contribution is 2.38. The molecule has 2 aliphatic rings. The Morgan fingerprint density at radius 3 is 1.83 bits per heavy atom. The molecule has 4 amide bonds. The molecular weight excluding hydrogens is 893 g/mol. The SMILES string of the molecule is CCC(C)[C@H](OC(N)=O)C(=O)N1CCC[C@H]1c1ncc(-c2ccc(-c3ccc(-c4ccc(-c5cnc([C@@H]6CCCN6C(=O)[C@@H](NC(=O)OC)C(C)C)[nH]5)cc4)n3-c3ccc4sc(C)nc4c3)cc2)[nH]1. The lowest BCUT2D eigenvalue weighted by molar-refractivity contribution is -0.144. The van der Waals surface area contributed by atoms with Gasteiger partial charge >= 0.3 is 12.2 Å². The van der Waals surface area contributed by atoms with Crippen LogP contribution in [0.25, 0.3) is 60.9 Å². The number of alkyl carbamates (subject to hydrolysis) is 1. The van der Waals surface area contributed by atoms with Crippen LogP contribution < -0.4 is 11.1 Å². The molecule has 5 atom stereocenters. The van der Waals surface area contributed by atoms with Gasteiger partial charge < -0.3 is 44.9 Å². The molecule has 2 fully saturated rings. The molecular formula is C52H58N10O6S. The quantitative estimate of drug-likeness (QED) is 0.0817. The number of hydrogen-bond acceptors (Lipinski definition) is 10. The molecule has 0 saturated carbocycles. The number of carbonyl (C=O) groups excluding carboxylic acids is 4. The fourth-order valence-corrected chi connectivity index (χ4v) is 10.5. The second-order valence-corrected chi connectivity index (χ2v) is 19.6. The first-order chi connectivity index (χ1) is 33.3. The summed E-state index contributed by atoms with van der Waals surface area (Å²) in [4.78, 5) is 76.2. The van der Waals surface area contributed by atoms with E-state index in [1.165, 1.54) is 7.11 Å². The van der Waals surface area contributed by atoms with Gasteiger partial charge in [-0.25, -0.2) is 24.5 Å². The third-order valence-electron chi connectivity index (χ3n) is 13.5. The number of carbonyl (C=O) groups is 4. The van der Waals surface area contributed by atoms with E-state index in [0.717, 1.165) is 91.6 Å². The Hall–Kier alpha value is -7.27. The van der Waals surface area contributed by atoms with Gasteiger partial charge in [0, 0.05) is 24.7 Å². The normalized spacial score (nSPS) is 17.3. The zero-order valence-electron chi connectivity index (χ0n) is 39.7. The van der Waals surface area contributed by atoms with Crippen LogP contribution >= 0.6 is 11.3 Å². The van der Waals surface area contributed by atoms with E-state index in [9.17, 15) is 19.2 Å². The minimum absolute atomic E-state index is 0.124. The lowest BCUT2D eigenvalue weighted by Crippen LogP contribution is -2.51. The first-order valence-electron chi connectivity index (χ1n) is 23.6. The van der Waals surface area contributed by atoms with Crippen LogP contribution in [0.1, 0.15) is 88.5 Å². The summed E-state index contributed by atoms with van der Waals surface area (Å²) in [6.07, 6.45) is 4.87. The van der Waals surface area contributed by atoms with Crippen LogP contribution in [0.4, 0.5) is 9.59 Å². The van der Waals surface area contributed by atoms with Gasteiger partial charge in [0.2, 0.25) is 5.91 Å². The number of imidazole rings is 2. The number of methoxy groups -OCH3 is 1. The van der Waals surface area contributed by atoms with Gasteiger partial charge in [-0.15, -0.1) is 11.3 Å². The third-order valence-corrected chi connectivity index (χ3v) is 14.5. The van der Waals surface area contributed by atoms with Gasteiger partial charge in [-0.2, -0.15) is 0 Å². The number of amides is 4. The second kappa shape index (κ2) is 19.8. The Kier molecular flexibility index (Phi) is 13.4. The summed E-state index contributed by atoms with van der Waals surface area (Å²) in [5.74, 6) is 0.686. The number of nitrogens with two attached hydrogens (primary N) is 1. The standard InChI is InChI=1S/C52H58N10O6S/c1-7-30(4)46(68-51(53)65)50(64)61-25-9-11-43(61)48-55-28-39(58-48)33-14-18-35(19-15-33)41-22-21-40(62(41)36-20-23-44-37(26-36)56-31(5)69-44)34-16-12-32(13-17-34)38-27-54-47(57-38)42-10-8-24-60(42)49(63)45(29(2)3)59-52(66)67-6/h12-23,26-30,42-43,45-46H,7-11,24-25H2,1-6H3,(H2,53,65)(H,54,57)(H,55,58)(H,59,66)/t30?,42-,43-,45-,46-/m0/s1. The topological polar surface area (TPSA) is 206 Å². The summed E-state index contributed by atoms with van der Waals surface area (Å²) >= 11 is 1.67. The van der Waals surface area contributed by atoms with Crippen molar-refractivity contribution in [1.29, 1.82) is 0 Å². The molecule has 69 heavy (non-hydrogen) atoms. The first-order valence-corrected chi connectivity index (χ1v) is 24.5. The molecule has 17 heteroatoms. The van der Waals surface area contributed by atoms with Crippen molar-refractivity contribution in [3.05, 3.63) is 108 Å². The molecule has 3 aromatic carbocycles. The lowest BCUT2D eigenvalue weighted by Gasteiger charge is -2.30. The average molecular weight is 951 g/mol. The van der Waals surface area contributed by atoms with Crippen molar-refractivity contribution in [3.8, 4) is 50.7 Å². The van der Waals surface area contributed by atoms with Gasteiger partial charge in [0.15, 0.2) is 6.10 Å². The van der Waals surface area contributed by atoms with E-state index < -0.39 is 24.3 Å². The number of nitrogens with one attached hydrogen (secondary N) is 3. The molecule has 0 radical (unpaired) electrons. The van der Waals surface area contributed by atoms with Crippen molar-refractivity contribution in [2.45, 2.75) is 91.0 Å². The molecule has 1 unspecified atom stereocenters. The number of benzene rings is 3. The largest absolute Gasteiger partial charge is 0.453 e. The zero-order valence-corrected chi connectivity index (χ0v) is 40.5. The highest BCUT2D eigenvalue weighted by atomic mass is 32.1. The number of ether oxygens (including phenoxy) is 2. The number of rotatable bonds is 14. The second-order valence-electron chi connectivity index (χ2n) is 18.3. The van der Waals surface area contributed by atoms with Crippen LogP contribution in [0.5, 0.6) is 0 Å². The van der Waals surface area contributed by atoms with Crippen LogP contribution in [-0.2, 0) is 19.1 Å². The van der Waals surface area contributed by atoms with Crippen LogP contribution in [0, 0.1) is 18.8 Å². The molecule has 5 N–H and O–H groups in total. The molecule has 4 aromatic heterocycles. The lowest BCUT2D eigenvalue weighted by atomic mass is 10.00. The summed E-state index contributed by atoms with van der Waals surface area (Å²) < 4.78 is 13.5. The molecule has 358 valence electrons. The molecule has 7 aromatic rings. The predicted molar refractivity (Wildman–Crippen MR) is 265 cm³/mol. The highest BCUT2D eigenvalue weighted by molar-refractivity contribution is 7.18. The Labute approximate surface area is 404 Å². The number of aryl methyl sites for hydroxylation is 1. The van der Waals surface area contributed by atoms with Gasteiger partial charge in [-0.1, -0.05) is 76.2 Å². The zero-order chi connectivity index (χ0) is 48.5. The Bertz CT molecular complexity index is 2990. The fourth-order valence-electron chi connectivity index (χ4n) is 9.70. The van der Waals surface area contributed by atoms with E-state index in [4.69, 9.17) is 30.2 Å². The summed E-state index contributed by atoms with van der Waals surface area (Å²) in [6.45, 7) is 10.8. The molecule has 0 bridgehead atoms. The van der Waals surface area contributed by atoms with Crippen LogP contribution in [-0.4, -0.2) is 95.6 Å². The van der Waals surface area contributed by atoms with Crippen molar-refractivity contribution in [1.82, 2.24) is 44.6 Å². The maximum absolute atomic E-state index is 13.7. The number of aromatic nitrogens is 6. The van der Waals surface area contributed by atoms with E-state index in [2.05, 4.69) is 98.7 Å². The number of nitrogens with zero attached hydrogens (tertiary/aromatic N) is 6. The molecule has 0 aliphatic carbocycles. The maximum Gasteiger partial charge on any atom is 0.407 e. The molecule has 9 rings (SSSR count). The van der Waals surface area contributed by atoms with Crippen molar-refractivity contribution in [3.63, 3.8) is 0 Å². The number of hydrogen-bond donors (Lipinski definition) is 4. The van der Waals surface area contributed by atoms with Crippen molar-refractivity contribution in [2.24, 2.45) is 17.6 Å². The van der Waals surface area contributed by atoms with E-state index in [1.807, 2.05) is 45.7 Å². The average Bonchev–Trinajstić information content (AvgIpc) is 4.22. The maximum atomic E-state index is 13.7. The van der Waals surface area contributed by atoms with E-state index >= 15 is 0 Å². The van der Waals surface area contributed by atoms with Gasteiger partial charge in [0.25, 0.3) is 5.91 Å². The molecule has 2 aliphatic heterocycles. The summed E-state index contributed by atoms with van der Waals surface area (Å²) in [5.41, 5.74) is 14.9. The predicted octanol–water partition coefficient (Wildman–Crippen LogP) is 9.73. The van der Waals surface area contributed by atoms with Gasteiger partial charge in [0.05, 0.1) is 69.6 Å². The Balaban J connectivity index is 0.973. The first kappa shape index (κ1) is 46.8. The summed E-state index contributed by atoms with van der Waals surface area (Å²) in [6, 6.07) is 26.2. The minimum Gasteiger partial charge on any atom is -0.453 e. The number of aromatic amines is 2. The number of fused-ring (bicyclic) bond motifs is 1. The Morgan fingerprint density at radius 2 is 1.32 bits per heavy atom. The van der Waals surface area contributed by atoms with E-state index in [-0.39, 0.29) is 35.7 Å². The van der Waals surface area contributed by atoms with Gasteiger partial charge in [-0.3, -0.25) is 9.59 Å². The molecule has 2 saturated heterocycles. The van der Waals surface area contributed by atoms with Crippen LogP contribution in [0.2, 0.25) is 0 Å². The van der Waals surface area contributed by atoms with E-state index in [0.29, 0.717) is 31.2 Å². The number of likely N-dealkylation sites (tertiary alicyclic amines) is 2. The van der Waals surface area contributed by atoms with Crippen molar-refractivity contribution < 1.29 is 28.7 Å². The summed E-state index contributed by atoms with van der Waals surface area (Å²) in [5, 5.41) is 3.72. The summed E-state index contributed by atoms with van der Waals surface area (Å²) in [7, 11) is 1.29. The van der Waals surface area contributed by atoms with Crippen molar-refractivity contribution >= 4 is 45.6 Å². The monoisotopic (exact) mass is 950 g/mol. The van der Waals surface area contributed by atoms with E-state index in [1.54, 1.807) is 22.4 Å². The molecule has 6 heterocycles. The van der Waals surface area contributed by atoms with Gasteiger partial charge in [0.1, 0.15) is 17.7 Å². The number of primary amides is 1. The smallest absolute Gasteiger partial charge is 0.407 e. The highest BCUT2D eigenvalue weighted by Gasteiger charge is 2.40. The van der Waals surface area contributed by atoms with Crippen LogP contribution in [0.15, 0.2) is 91.3 Å².